The molecule has 1 unspecified atom stereocenters. The van der Waals surface area contributed by atoms with E-state index in [1.807, 2.05) is 6.08 Å². The molecule has 1 aliphatic carbocycles. The van der Waals surface area contributed by atoms with Crippen LogP contribution in [0.2, 0.25) is 0 Å². The lowest BCUT2D eigenvalue weighted by molar-refractivity contribution is 0.503. The summed E-state index contributed by atoms with van der Waals surface area (Å²) in [5.41, 5.74) is 0.991. The quantitative estimate of drug-likeness (QED) is 0.520. The molecule has 1 aliphatic rings. The second kappa shape index (κ2) is 2.38. The van der Waals surface area contributed by atoms with Gasteiger partial charge in [0.15, 0.2) is 6.39 Å². The van der Waals surface area contributed by atoms with Gasteiger partial charge in [-0.3, -0.25) is 0 Å². The maximum absolute atomic E-state index is 5.20. The zero-order valence-corrected chi connectivity index (χ0v) is 7.41. The normalized spacial score (nSPS) is 22.7. The molecule has 2 rings (SSSR count). The third-order valence-electron chi connectivity index (χ3n) is 1.53. The van der Waals surface area contributed by atoms with Crippen molar-refractivity contribution in [1.29, 1.82) is 0 Å². The van der Waals surface area contributed by atoms with Crippen molar-refractivity contribution in [3.8, 4) is 0 Å². The first kappa shape index (κ1) is 6.39. The number of hydrogen-bond donors (Lipinski definition) is 0. The van der Waals surface area contributed by atoms with Crippen LogP contribution < -0.4 is 0 Å². The van der Waals surface area contributed by atoms with Crippen molar-refractivity contribution in [2.24, 2.45) is 0 Å². The molecular formula is C7H6INO. The first-order chi connectivity index (χ1) is 4.88. The molecule has 10 heavy (non-hydrogen) atoms. The first-order valence-electron chi connectivity index (χ1n) is 3.12. The van der Waals surface area contributed by atoms with Crippen molar-refractivity contribution in [2.75, 3.05) is 0 Å². The molecular weight excluding hydrogens is 241 g/mol. The van der Waals surface area contributed by atoms with Crippen molar-refractivity contribution in [2.45, 2.75) is 10.3 Å². The molecule has 2 nitrogen and oxygen atoms in total. The minimum absolute atomic E-state index is 0.472. The molecule has 0 aromatic carbocycles. The Hall–Kier alpha value is -0.320. The van der Waals surface area contributed by atoms with Crippen LogP contribution in [-0.2, 0) is 0 Å². The summed E-state index contributed by atoms with van der Waals surface area (Å²) >= 11 is 2.36. The van der Waals surface area contributed by atoms with Gasteiger partial charge in [0.25, 0.3) is 0 Å². The Kier molecular flexibility index (Phi) is 1.52. The summed E-state index contributed by atoms with van der Waals surface area (Å²) in [7, 11) is 0. The van der Waals surface area contributed by atoms with E-state index in [0.717, 1.165) is 17.9 Å². The van der Waals surface area contributed by atoms with Gasteiger partial charge in [-0.05, 0) is 12.5 Å². The van der Waals surface area contributed by atoms with E-state index in [1.165, 1.54) is 6.39 Å². The lowest BCUT2D eigenvalue weighted by atomic mass is 10.1. The van der Waals surface area contributed by atoms with Gasteiger partial charge in [0.2, 0.25) is 0 Å². The van der Waals surface area contributed by atoms with Crippen LogP contribution in [0.4, 0.5) is 0 Å². The molecule has 52 valence electrons. The number of oxazole rings is 1. The monoisotopic (exact) mass is 247 g/mol. The van der Waals surface area contributed by atoms with Crippen molar-refractivity contribution in [3.05, 3.63) is 23.9 Å². The van der Waals surface area contributed by atoms with Crippen LogP contribution in [-0.4, -0.2) is 4.98 Å². The summed E-state index contributed by atoms with van der Waals surface area (Å²) in [6, 6.07) is 0. The molecule has 0 aliphatic heterocycles. The summed E-state index contributed by atoms with van der Waals surface area (Å²) in [6.07, 6.45) is 6.70. The Balaban J connectivity index is 2.52. The summed E-state index contributed by atoms with van der Waals surface area (Å²) in [4.78, 5) is 4.05. The molecule has 0 saturated carbocycles. The zero-order valence-electron chi connectivity index (χ0n) is 5.25. The molecule has 0 radical (unpaired) electrons. The molecule has 1 atom stereocenters. The van der Waals surface area contributed by atoms with E-state index >= 15 is 0 Å². The van der Waals surface area contributed by atoms with Gasteiger partial charge in [0.05, 0.1) is 3.92 Å². The van der Waals surface area contributed by atoms with Crippen LogP contribution in [0.25, 0.3) is 6.08 Å². The lowest BCUT2D eigenvalue weighted by Gasteiger charge is -2.07. The molecule has 0 saturated heterocycles. The van der Waals surface area contributed by atoms with Crippen molar-refractivity contribution in [1.82, 2.24) is 4.98 Å². The third-order valence-corrected chi connectivity index (χ3v) is 2.60. The van der Waals surface area contributed by atoms with Gasteiger partial charge in [-0.1, -0.05) is 28.7 Å². The highest BCUT2D eigenvalue weighted by Crippen LogP contribution is 2.33. The second-order valence-corrected chi connectivity index (χ2v) is 3.71. The molecule has 3 heteroatoms. The van der Waals surface area contributed by atoms with Crippen molar-refractivity contribution in [3.63, 3.8) is 0 Å². The van der Waals surface area contributed by atoms with E-state index in [1.54, 1.807) is 0 Å². The maximum Gasteiger partial charge on any atom is 0.181 e. The standard InChI is InChI=1S/C7H6INO/c8-5-2-1-3-6-7(5)10-4-9-6/h1,3-5H,2H2. The van der Waals surface area contributed by atoms with Crippen LogP contribution in [0.3, 0.4) is 0 Å². The van der Waals surface area contributed by atoms with Gasteiger partial charge >= 0.3 is 0 Å². The Morgan fingerprint density at radius 2 is 2.60 bits per heavy atom. The van der Waals surface area contributed by atoms with E-state index in [4.69, 9.17) is 4.42 Å². The van der Waals surface area contributed by atoms with Crippen LogP contribution in [0.1, 0.15) is 21.8 Å². The fourth-order valence-electron chi connectivity index (χ4n) is 1.03. The Labute approximate surface area is 72.5 Å². The number of hydrogen-bond acceptors (Lipinski definition) is 2. The van der Waals surface area contributed by atoms with E-state index in [2.05, 4.69) is 33.7 Å². The molecule has 1 aromatic heterocycles. The van der Waals surface area contributed by atoms with Gasteiger partial charge in [0, 0.05) is 0 Å². The number of allylic oxidation sites excluding steroid dienone is 1. The molecule has 1 aromatic rings. The predicted octanol–water partition coefficient (Wildman–Crippen LogP) is 2.57. The molecule has 1 heterocycles. The van der Waals surface area contributed by atoms with Crippen LogP contribution in [0, 0.1) is 0 Å². The molecule has 0 fully saturated rings. The first-order valence-corrected chi connectivity index (χ1v) is 4.36. The SMILES string of the molecule is IC1CC=Cc2ncoc21. The minimum Gasteiger partial charge on any atom is -0.447 e. The smallest absolute Gasteiger partial charge is 0.181 e. The predicted molar refractivity (Wildman–Crippen MR) is 46.9 cm³/mol. The number of rotatable bonds is 0. The van der Waals surface area contributed by atoms with E-state index in [-0.39, 0.29) is 0 Å². The van der Waals surface area contributed by atoms with E-state index in [0.29, 0.717) is 3.92 Å². The van der Waals surface area contributed by atoms with E-state index < -0.39 is 0 Å². The average molecular weight is 247 g/mol. The third kappa shape index (κ3) is 0.885. The Morgan fingerprint density at radius 1 is 1.70 bits per heavy atom. The average Bonchev–Trinajstić information content (AvgIpc) is 2.36. The van der Waals surface area contributed by atoms with Gasteiger partial charge in [-0.2, -0.15) is 0 Å². The molecule has 0 N–H and O–H groups in total. The second-order valence-electron chi connectivity index (χ2n) is 2.21. The van der Waals surface area contributed by atoms with Gasteiger partial charge < -0.3 is 4.42 Å². The fourth-order valence-corrected chi connectivity index (χ4v) is 1.79. The molecule has 0 amide bonds. The number of fused-ring (bicyclic) bond motifs is 1. The van der Waals surface area contributed by atoms with Gasteiger partial charge in [-0.25, -0.2) is 4.98 Å². The fraction of sp³-hybridized carbons (Fsp3) is 0.286. The van der Waals surface area contributed by atoms with Crippen LogP contribution in [0.15, 0.2) is 16.9 Å². The topological polar surface area (TPSA) is 26.0 Å². The molecule has 0 bridgehead atoms. The van der Waals surface area contributed by atoms with Crippen molar-refractivity contribution < 1.29 is 4.42 Å². The highest BCUT2D eigenvalue weighted by Gasteiger charge is 2.17. The van der Waals surface area contributed by atoms with E-state index in [9.17, 15) is 0 Å². The van der Waals surface area contributed by atoms with Gasteiger partial charge in [0.1, 0.15) is 11.5 Å². The maximum atomic E-state index is 5.20. The Bertz CT molecular complexity index is 266. The molecule has 0 spiro atoms. The summed E-state index contributed by atoms with van der Waals surface area (Å²) in [5, 5.41) is 0. The van der Waals surface area contributed by atoms with Crippen molar-refractivity contribution >= 4 is 28.7 Å². The lowest BCUT2D eigenvalue weighted by Crippen LogP contribution is -1.93. The summed E-state index contributed by atoms with van der Waals surface area (Å²) < 4.78 is 5.67. The summed E-state index contributed by atoms with van der Waals surface area (Å²) in [6.45, 7) is 0. The van der Waals surface area contributed by atoms with Crippen LogP contribution in [0.5, 0.6) is 0 Å². The number of aromatic nitrogens is 1. The number of nitrogens with zero attached hydrogens (tertiary/aromatic N) is 1. The minimum atomic E-state index is 0.472. The largest absolute Gasteiger partial charge is 0.447 e. The number of alkyl halides is 1. The van der Waals surface area contributed by atoms with Crippen LogP contribution >= 0.6 is 22.6 Å². The Morgan fingerprint density at radius 3 is 3.40 bits per heavy atom. The zero-order chi connectivity index (χ0) is 6.97. The summed E-state index contributed by atoms with van der Waals surface area (Å²) in [5.74, 6) is 1.02. The highest BCUT2D eigenvalue weighted by molar-refractivity contribution is 14.1. The highest BCUT2D eigenvalue weighted by atomic mass is 127. The van der Waals surface area contributed by atoms with Gasteiger partial charge in [-0.15, -0.1) is 0 Å². The number of halogens is 1.